The van der Waals surface area contributed by atoms with Crippen LogP contribution in [0.25, 0.3) is 0 Å². The predicted molar refractivity (Wildman–Crippen MR) is 84.5 cm³/mol. The summed E-state index contributed by atoms with van der Waals surface area (Å²) in [6.45, 7) is 14.0. The van der Waals surface area contributed by atoms with Gasteiger partial charge in [-0.1, -0.05) is 6.92 Å². The van der Waals surface area contributed by atoms with Crippen LogP contribution < -0.4 is 10.2 Å². The van der Waals surface area contributed by atoms with E-state index in [1.807, 2.05) is 20.8 Å². The third-order valence-corrected chi connectivity index (χ3v) is 3.09. The Labute approximate surface area is 122 Å². The first-order valence-corrected chi connectivity index (χ1v) is 7.41. The Balaban J connectivity index is 3.22. The van der Waals surface area contributed by atoms with Crippen molar-refractivity contribution < 1.29 is 5.11 Å². The Morgan fingerprint density at radius 3 is 2.30 bits per heavy atom. The quantitative estimate of drug-likeness (QED) is 0.803. The summed E-state index contributed by atoms with van der Waals surface area (Å²) < 4.78 is 0. The van der Waals surface area contributed by atoms with E-state index in [9.17, 15) is 5.11 Å². The molecular weight excluding hydrogens is 252 g/mol. The zero-order chi connectivity index (χ0) is 15.3. The lowest BCUT2D eigenvalue weighted by Crippen LogP contribution is -2.39. The van der Waals surface area contributed by atoms with Gasteiger partial charge in [-0.15, -0.1) is 0 Å². The monoisotopic (exact) mass is 280 g/mol. The van der Waals surface area contributed by atoms with Crippen molar-refractivity contribution in [2.24, 2.45) is 0 Å². The summed E-state index contributed by atoms with van der Waals surface area (Å²) in [6.07, 6.45) is 0.797. The molecule has 0 spiro atoms. The third-order valence-electron chi connectivity index (χ3n) is 3.09. The molecule has 0 aliphatic heterocycles. The highest BCUT2D eigenvalue weighted by Gasteiger charge is 2.21. The molecule has 0 amide bonds. The number of nitrogens with one attached hydrogen (secondary N) is 1. The van der Waals surface area contributed by atoms with E-state index in [-0.39, 0.29) is 0 Å². The van der Waals surface area contributed by atoms with E-state index in [0.29, 0.717) is 6.54 Å². The van der Waals surface area contributed by atoms with Crippen LogP contribution in [0, 0.1) is 6.92 Å². The summed E-state index contributed by atoms with van der Waals surface area (Å²) in [7, 11) is 0. The van der Waals surface area contributed by atoms with Crippen LogP contribution in [0.5, 0.6) is 0 Å². The maximum absolute atomic E-state index is 10.1. The molecule has 1 aromatic rings. The van der Waals surface area contributed by atoms with Crippen molar-refractivity contribution in [3.63, 3.8) is 0 Å². The fraction of sp³-hybridized carbons (Fsp3) is 0.733. The summed E-state index contributed by atoms with van der Waals surface area (Å²) in [5.74, 6) is 2.64. The van der Waals surface area contributed by atoms with Crippen molar-refractivity contribution in [1.29, 1.82) is 0 Å². The molecule has 0 aliphatic rings. The molecule has 20 heavy (non-hydrogen) atoms. The zero-order valence-corrected chi connectivity index (χ0v) is 13.6. The molecule has 1 rings (SSSR count). The lowest BCUT2D eigenvalue weighted by Gasteiger charge is -2.30. The molecule has 1 aromatic heterocycles. The minimum absolute atomic E-state index is 0.552. The van der Waals surface area contributed by atoms with Crippen LogP contribution >= 0.6 is 0 Å². The highest BCUT2D eigenvalue weighted by molar-refractivity contribution is 5.58. The van der Waals surface area contributed by atoms with Crippen LogP contribution in [0.15, 0.2) is 0 Å². The van der Waals surface area contributed by atoms with Crippen LogP contribution in [0.1, 0.15) is 46.0 Å². The zero-order valence-electron chi connectivity index (χ0n) is 13.6. The van der Waals surface area contributed by atoms with Crippen LogP contribution in [0.3, 0.4) is 0 Å². The van der Waals surface area contributed by atoms with Gasteiger partial charge in [0.1, 0.15) is 17.5 Å². The van der Waals surface area contributed by atoms with Gasteiger partial charge in [0.05, 0.1) is 5.60 Å². The van der Waals surface area contributed by atoms with Gasteiger partial charge in [0, 0.05) is 31.6 Å². The summed E-state index contributed by atoms with van der Waals surface area (Å²) in [5, 5.41) is 13.4. The molecule has 0 bridgehead atoms. The van der Waals surface area contributed by atoms with Crippen LogP contribution in [-0.2, 0) is 6.42 Å². The van der Waals surface area contributed by atoms with Crippen molar-refractivity contribution >= 4 is 11.6 Å². The molecule has 0 aromatic carbocycles. The van der Waals surface area contributed by atoms with E-state index in [2.05, 4.69) is 41.0 Å². The Bertz CT molecular complexity index is 440. The highest BCUT2D eigenvalue weighted by atomic mass is 16.3. The number of hydrogen-bond donors (Lipinski definition) is 2. The van der Waals surface area contributed by atoms with Gasteiger partial charge in [-0.05, 0) is 34.6 Å². The van der Waals surface area contributed by atoms with Gasteiger partial charge in [-0.2, -0.15) is 0 Å². The van der Waals surface area contributed by atoms with Gasteiger partial charge in [-0.3, -0.25) is 0 Å². The van der Waals surface area contributed by atoms with Gasteiger partial charge >= 0.3 is 0 Å². The van der Waals surface area contributed by atoms with E-state index in [4.69, 9.17) is 0 Å². The number of hydrogen-bond acceptors (Lipinski definition) is 5. The minimum atomic E-state index is -0.752. The second-order valence-electron chi connectivity index (χ2n) is 5.65. The smallest absolute Gasteiger partial charge is 0.137 e. The molecule has 5 heteroatoms. The number of aryl methyl sites for hydroxylation is 1. The lowest BCUT2D eigenvalue weighted by molar-refractivity contribution is 0.0874. The summed E-state index contributed by atoms with van der Waals surface area (Å²) >= 11 is 0. The average molecular weight is 280 g/mol. The molecule has 0 aliphatic carbocycles. The first kappa shape index (κ1) is 16.7. The number of nitrogens with zero attached hydrogens (tertiary/aromatic N) is 3. The fourth-order valence-electron chi connectivity index (χ4n) is 2.16. The van der Waals surface area contributed by atoms with Crippen LogP contribution in [0.4, 0.5) is 11.6 Å². The van der Waals surface area contributed by atoms with E-state index < -0.39 is 5.60 Å². The largest absolute Gasteiger partial charge is 0.389 e. The van der Waals surface area contributed by atoms with Crippen molar-refractivity contribution in [2.75, 3.05) is 29.9 Å². The molecule has 2 N–H and O–H groups in total. The predicted octanol–water partition coefficient (Wildman–Crippen LogP) is 2.38. The maximum Gasteiger partial charge on any atom is 0.137 e. The fourth-order valence-corrected chi connectivity index (χ4v) is 2.16. The normalized spacial score (nSPS) is 11.6. The summed E-state index contributed by atoms with van der Waals surface area (Å²) in [5.41, 5.74) is 0.285. The molecule has 0 radical (unpaired) electrons. The second kappa shape index (κ2) is 6.88. The Morgan fingerprint density at radius 2 is 1.85 bits per heavy atom. The number of aromatic nitrogens is 2. The summed E-state index contributed by atoms with van der Waals surface area (Å²) in [6, 6.07) is 0. The first-order chi connectivity index (χ1) is 9.32. The Hall–Kier alpha value is -1.36. The van der Waals surface area contributed by atoms with Crippen molar-refractivity contribution in [3.05, 3.63) is 11.4 Å². The van der Waals surface area contributed by atoms with E-state index in [1.165, 1.54) is 0 Å². The molecule has 0 atom stereocenters. The molecule has 0 saturated carbocycles. The van der Waals surface area contributed by atoms with Crippen molar-refractivity contribution in [2.45, 2.75) is 53.6 Å². The van der Waals surface area contributed by atoms with Crippen molar-refractivity contribution in [3.8, 4) is 0 Å². The Kier molecular flexibility index (Phi) is 5.74. The van der Waals surface area contributed by atoms with Gasteiger partial charge in [-0.25, -0.2) is 9.97 Å². The molecule has 0 saturated heterocycles. The standard InChI is InChI=1S/C15H28N4O/c1-7-12-17-13(16-8-2)11(4)14(18-12)19(9-3)10-15(5,6)20/h20H,7-10H2,1-6H3,(H,16,17,18). The lowest BCUT2D eigenvalue weighted by atomic mass is 10.1. The molecular formula is C15H28N4O. The molecule has 114 valence electrons. The molecule has 0 unspecified atom stereocenters. The highest BCUT2D eigenvalue weighted by Crippen LogP contribution is 2.25. The van der Waals surface area contributed by atoms with E-state index in [0.717, 1.165) is 42.5 Å². The first-order valence-electron chi connectivity index (χ1n) is 7.41. The van der Waals surface area contributed by atoms with Crippen LogP contribution in [0.2, 0.25) is 0 Å². The molecule has 5 nitrogen and oxygen atoms in total. The number of likely N-dealkylation sites (N-methyl/N-ethyl adjacent to an activating group) is 1. The van der Waals surface area contributed by atoms with Gasteiger partial charge in [0.15, 0.2) is 0 Å². The van der Waals surface area contributed by atoms with E-state index in [1.54, 1.807) is 0 Å². The Morgan fingerprint density at radius 1 is 1.20 bits per heavy atom. The van der Waals surface area contributed by atoms with Gasteiger partial charge < -0.3 is 15.3 Å². The average Bonchev–Trinajstić information content (AvgIpc) is 2.37. The summed E-state index contributed by atoms with van der Waals surface area (Å²) in [4.78, 5) is 11.3. The maximum atomic E-state index is 10.1. The number of anilines is 2. The SMILES string of the molecule is CCNc1nc(CC)nc(N(CC)CC(C)(C)O)c1C. The van der Waals surface area contributed by atoms with E-state index >= 15 is 0 Å². The van der Waals surface area contributed by atoms with Gasteiger partial charge in [0.25, 0.3) is 0 Å². The third kappa shape index (κ3) is 4.34. The van der Waals surface area contributed by atoms with Crippen LogP contribution in [-0.4, -0.2) is 40.3 Å². The number of rotatable bonds is 7. The molecule has 0 fully saturated rings. The minimum Gasteiger partial charge on any atom is -0.389 e. The second-order valence-corrected chi connectivity index (χ2v) is 5.65. The van der Waals surface area contributed by atoms with Crippen molar-refractivity contribution in [1.82, 2.24) is 9.97 Å². The number of aliphatic hydroxyl groups is 1. The van der Waals surface area contributed by atoms with Gasteiger partial charge in [0.2, 0.25) is 0 Å². The topological polar surface area (TPSA) is 61.3 Å². The molecule has 1 heterocycles.